The molecule has 0 saturated carbocycles. The smallest absolute Gasteiger partial charge is 0.236 e. The van der Waals surface area contributed by atoms with E-state index >= 15 is 0 Å². The molecule has 29 heavy (non-hydrogen) atoms. The van der Waals surface area contributed by atoms with Crippen LogP contribution in [-0.4, -0.2) is 54.1 Å². The molecule has 0 N–H and O–H groups in total. The monoisotopic (exact) mass is 388 g/mol. The summed E-state index contributed by atoms with van der Waals surface area (Å²) in [5.74, 6) is 1.37. The Morgan fingerprint density at radius 3 is 2.17 bits per heavy atom. The maximum absolute atomic E-state index is 13.5. The van der Waals surface area contributed by atoms with Crippen LogP contribution in [0.15, 0.2) is 73.1 Å². The van der Waals surface area contributed by atoms with Crippen molar-refractivity contribution in [3.63, 3.8) is 0 Å². The van der Waals surface area contributed by atoms with Crippen LogP contribution in [0.1, 0.15) is 17.2 Å². The van der Waals surface area contributed by atoms with E-state index in [0.29, 0.717) is 13.1 Å². The fourth-order valence-electron chi connectivity index (χ4n) is 3.66. The van der Waals surface area contributed by atoms with E-state index in [-0.39, 0.29) is 5.91 Å². The van der Waals surface area contributed by atoms with Crippen LogP contribution in [0.5, 0.6) is 5.75 Å². The van der Waals surface area contributed by atoms with Gasteiger partial charge in [-0.1, -0.05) is 24.3 Å². The molecule has 3 aromatic rings. The highest BCUT2D eigenvalue weighted by molar-refractivity contribution is 5.87. The Balaban J connectivity index is 1.54. The van der Waals surface area contributed by atoms with E-state index in [2.05, 4.69) is 14.9 Å². The summed E-state index contributed by atoms with van der Waals surface area (Å²) in [7, 11) is 1.64. The lowest BCUT2D eigenvalue weighted by Crippen LogP contribution is -2.50. The van der Waals surface area contributed by atoms with Crippen molar-refractivity contribution in [3.8, 4) is 5.75 Å². The molecule has 1 unspecified atom stereocenters. The highest BCUT2D eigenvalue weighted by atomic mass is 16.5. The third-order valence-electron chi connectivity index (χ3n) is 5.24. The number of benzene rings is 1. The third-order valence-corrected chi connectivity index (χ3v) is 5.24. The lowest BCUT2D eigenvalue weighted by Gasteiger charge is -2.37. The van der Waals surface area contributed by atoms with Gasteiger partial charge in [-0.05, 0) is 42.0 Å². The van der Waals surface area contributed by atoms with Gasteiger partial charge < -0.3 is 14.5 Å². The van der Waals surface area contributed by atoms with Crippen LogP contribution >= 0.6 is 0 Å². The van der Waals surface area contributed by atoms with Crippen LogP contribution in [0.2, 0.25) is 0 Å². The summed E-state index contributed by atoms with van der Waals surface area (Å²) in [6, 6.07) is 19.3. The van der Waals surface area contributed by atoms with Crippen LogP contribution in [0.4, 0.5) is 5.82 Å². The van der Waals surface area contributed by atoms with Gasteiger partial charge in [-0.15, -0.1) is 0 Å². The topological polar surface area (TPSA) is 58.6 Å². The van der Waals surface area contributed by atoms with Crippen LogP contribution in [0.25, 0.3) is 0 Å². The van der Waals surface area contributed by atoms with Crippen LogP contribution in [-0.2, 0) is 4.79 Å². The summed E-state index contributed by atoms with van der Waals surface area (Å²) in [6.45, 7) is 2.85. The Hall–Kier alpha value is -3.41. The summed E-state index contributed by atoms with van der Waals surface area (Å²) >= 11 is 0. The molecule has 1 atom stereocenters. The van der Waals surface area contributed by atoms with Gasteiger partial charge in [0.25, 0.3) is 0 Å². The van der Waals surface area contributed by atoms with E-state index in [0.717, 1.165) is 35.9 Å². The van der Waals surface area contributed by atoms with Gasteiger partial charge in [-0.25, -0.2) is 4.98 Å². The summed E-state index contributed by atoms with van der Waals surface area (Å²) in [6.07, 6.45) is 3.53. The summed E-state index contributed by atoms with van der Waals surface area (Å²) < 4.78 is 5.26. The highest BCUT2D eigenvalue weighted by Gasteiger charge is 2.31. The van der Waals surface area contributed by atoms with Crippen molar-refractivity contribution >= 4 is 11.7 Å². The normalized spacial score (nSPS) is 15.1. The number of piperazine rings is 1. The molecule has 6 nitrogen and oxygen atoms in total. The van der Waals surface area contributed by atoms with Gasteiger partial charge in [0, 0.05) is 38.6 Å². The molecule has 148 valence electrons. The number of ether oxygens (including phenoxy) is 1. The average molecular weight is 388 g/mol. The zero-order valence-corrected chi connectivity index (χ0v) is 16.4. The zero-order chi connectivity index (χ0) is 20.1. The first-order chi connectivity index (χ1) is 14.3. The molecule has 0 radical (unpaired) electrons. The largest absolute Gasteiger partial charge is 0.497 e. The molecular weight excluding hydrogens is 364 g/mol. The standard InChI is InChI=1S/C23H24N4O2/c1-29-19-10-8-18(9-11-19)22(20-6-2-4-12-24-20)23(28)27-16-14-26(15-17-27)21-7-3-5-13-25-21/h2-13,22H,14-17H2,1H3. The van der Waals surface area contributed by atoms with Crippen molar-refractivity contribution in [1.29, 1.82) is 0 Å². The number of hydrogen-bond donors (Lipinski definition) is 0. The maximum atomic E-state index is 13.5. The number of methoxy groups -OCH3 is 1. The molecule has 0 aliphatic carbocycles. The molecular formula is C23H24N4O2. The first kappa shape index (κ1) is 18.9. The second-order valence-electron chi connectivity index (χ2n) is 6.96. The van der Waals surface area contributed by atoms with E-state index in [1.165, 1.54) is 0 Å². The number of hydrogen-bond acceptors (Lipinski definition) is 5. The third kappa shape index (κ3) is 4.21. The minimum atomic E-state index is -0.427. The Morgan fingerprint density at radius 1 is 0.897 bits per heavy atom. The molecule has 1 aliphatic heterocycles. The van der Waals surface area contributed by atoms with Crippen LogP contribution in [0, 0.1) is 0 Å². The molecule has 1 fully saturated rings. The van der Waals surface area contributed by atoms with E-state index in [4.69, 9.17) is 4.74 Å². The van der Waals surface area contributed by atoms with Crippen molar-refractivity contribution in [1.82, 2.24) is 14.9 Å². The van der Waals surface area contributed by atoms with E-state index in [9.17, 15) is 4.79 Å². The molecule has 1 amide bonds. The van der Waals surface area contributed by atoms with Gasteiger partial charge in [0.2, 0.25) is 5.91 Å². The van der Waals surface area contributed by atoms with E-state index in [1.807, 2.05) is 65.6 Å². The Labute approximate surface area is 170 Å². The molecule has 1 aliphatic rings. The fourth-order valence-corrected chi connectivity index (χ4v) is 3.66. The summed E-state index contributed by atoms with van der Waals surface area (Å²) in [4.78, 5) is 26.6. The summed E-state index contributed by atoms with van der Waals surface area (Å²) in [5, 5.41) is 0. The minimum Gasteiger partial charge on any atom is -0.497 e. The van der Waals surface area contributed by atoms with Gasteiger partial charge in [0.05, 0.1) is 12.8 Å². The van der Waals surface area contributed by atoms with Gasteiger partial charge in [-0.3, -0.25) is 9.78 Å². The summed E-state index contributed by atoms with van der Waals surface area (Å²) in [5.41, 5.74) is 1.68. The molecule has 0 bridgehead atoms. The number of aromatic nitrogens is 2. The van der Waals surface area contributed by atoms with E-state index < -0.39 is 5.92 Å². The number of rotatable bonds is 5. The Bertz CT molecular complexity index is 924. The second kappa shape index (κ2) is 8.73. The predicted octanol–water partition coefficient (Wildman–Crippen LogP) is 2.97. The first-order valence-electron chi connectivity index (χ1n) is 9.76. The number of anilines is 1. The zero-order valence-electron chi connectivity index (χ0n) is 16.4. The predicted molar refractivity (Wildman–Crippen MR) is 112 cm³/mol. The van der Waals surface area contributed by atoms with Crippen molar-refractivity contribution in [2.24, 2.45) is 0 Å². The Morgan fingerprint density at radius 2 is 1.59 bits per heavy atom. The lowest BCUT2D eigenvalue weighted by atomic mass is 9.93. The van der Waals surface area contributed by atoms with Crippen molar-refractivity contribution in [3.05, 3.63) is 84.3 Å². The van der Waals surface area contributed by atoms with Gasteiger partial charge in [-0.2, -0.15) is 0 Å². The molecule has 1 saturated heterocycles. The Kier molecular flexibility index (Phi) is 5.70. The van der Waals surface area contributed by atoms with E-state index in [1.54, 1.807) is 19.5 Å². The molecule has 1 aromatic carbocycles. The molecule has 4 rings (SSSR count). The van der Waals surface area contributed by atoms with Gasteiger partial charge >= 0.3 is 0 Å². The number of pyridine rings is 2. The minimum absolute atomic E-state index is 0.0783. The van der Waals surface area contributed by atoms with Crippen molar-refractivity contribution in [2.75, 3.05) is 38.2 Å². The highest BCUT2D eigenvalue weighted by Crippen LogP contribution is 2.28. The van der Waals surface area contributed by atoms with Crippen LogP contribution < -0.4 is 9.64 Å². The van der Waals surface area contributed by atoms with Crippen molar-refractivity contribution < 1.29 is 9.53 Å². The average Bonchev–Trinajstić information content (AvgIpc) is 2.81. The number of carbonyl (C=O) groups is 1. The molecule has 2 aromatic heterocycles. The number of amides is 1. The molecule has 0 spiro atoms. The van der Waals surface area contributed by atoms with Crippen LogP contribution in [0.3, 0.4) is 0 Å². The number of carbonyl (C=O) groups excluding carboxylic acids is 1. The van der Waals surface area contributed by atoms with Gasteiger partial charge in [0.1, 0.15) is 17.5 Å². The maximum Gasteiger partial charge on any atom is 0.236 e. The van der Waals surface area contributed by atoms with Gasteiger partial charge in [0.15, 0.2) is 0 Å². The lowest BCUT2D eigenvalue weighted by molar-refractivity contribution is -0.132. The van der Waals surface area contributed by atoms with Crippen molar-refractivity contribution in [2.45, 2.75) is 5.92 Å². The molecule has 3 heterocycles. The second-order valence-corrected chi connectivity index (χ2v) is 6.96. The quantitative estimate of drug-likeness (QED) is 0.673. The first-order valence-corrected chi connectivity index (χ1v) is 9.76. The SMILES string of the molecule is COc1ccc(C(C(=O)N2CCN(c3ccccn3)CC2)c2ccccn2)cc1. The molecule has 6 heteroatoms. The number of nitrogens with zero attached hydrogens (tertiary/aromatic N) is 4. The fraction of sp³-hybridized carbons (Fsp3) is 0.261.